The SMILES string of the molecule is C/C1=C2/[N-]C([C@H](CC(N)=O)[C@@]2(C)CCC(=O)NCC(C)OP(=O)(O)OC2C(O)[C@@H](n3cnc4cc(C)c(C)cc43)O[C@H]2CO)[C@]2(C)N=C(/C(C)=C3N=C(/C=C4N=C1[C@@H](CCC(N)=O)C\4(C)C)[C@@H](CCC(N)=O)[C@]\3(C)CC(N)=O)[C@@H](CCC(N)=O)[C@]2(C)CC(N)=O.[CH2-][C@H]1O[C@@H](n2cnc3c(N)ncnc32)[C@H](O)[C@@H]1O.[Co+3]. The minimum atomic E-state index is -5.07. The largest absolute Gasteiger partial charge is 3.00 e. The molecule has 0 aliphatic carbocycles. The Morgan fingerprint density at radius 2 is 1.33 bits per heavy atom. The molecule has 7 amide bonds. The smallest absolute Gasteiger partial charge is 0.682 e. The summed E-state index contributed by atoms with van der Waals surface area (Å²) in [6.07, 6.45) is -5.38. The van der Waals surface area contributed by atoms with Crippen molar-refractivity contribution in [2.75, 3.05) is 18.9 Å². The van der Waals surface area contributed by atoms with Gasteiger partial charge >= 0.3 is 24.6 Å². The summed E-state index contributed by atoms with van der Waals surface area (Å²) in [4.78, 5) is 137. The van der Waals surface area contributed by atoms with Crippen molar-refractivity contribution in [1.82, 2.24) is 34.4 Å². The van der Waals surface area contributed by atoms with E-state index in [1.807, 2.05) is 80.5 Å². The van der Waals surface area contributed by atoms with E-state index in [2.05, 4.69) is 32.2 Å². The second kappa shape index (κ2) is 32.2. The van der Waals surface area contributed by atoms with Gasteiger partial charge < -0.3 is 97.1 Å². The van der Waals surface area contributed by atoms with Gasteiger partial charge in [0.05, 0.1) is 53.7 Å². The van der Waals surface area contributed by atoms with E-state index >= 15 is 0 Å². The molecule has 0 radical (unpaired) electrons. The first-order valence-electron chi connectivity index (χ1n) is 35.9. The third-order valence-corrected chi connectivity index (χ3v) is 24.6. The molecule has 5 unspecified atom stereocenters. The number of nitrogens with two attached hydrogens (primary N) is 7. The number of aliphatic imine (C=N–C) groups is 3. The number of phosphoric acid groups is 1. The van der Waals surface area contributed by atoms with Crippen molar-refractivity contribution in [2.24, 2.45) is 94.7 Å². The third-order valence-electron chi connectivity index (χ3n) is 23.5. The number of nitrogen functional groups attached to an aromatic ring is 1. The molecule has 3 saturated heterocycles. The van der Waals surface area contributed by atoms with E-state index in [0.717, 1.165) is 11.1 Å². The molecule has 19 atom stereocenters. The first kappa shape index (κ1) is 84.8. The maximum absolute atomic E-state index is 14.4. The van der Waals surface area contributed by atoms with Crippen molar-refractivity contribution in [3.63, 3.8) is 0 Å². The standard InChI is InChI=1S/C62H90N13O14P.C10H12N5O3.Co/c1-29-20-39-40(21-30(29)2)75(28-70-39)57-52(84)53(41(27-76)87-57)89-90(85,86)88-31(3)26-69-49(83)18-19-59(8)37(22-46(66)80)56-62(11)61(10,25-48(68)82)36(14-17-45(65)79)51(74-62)33(5)55-60(9,24-47(67)81)34(12-15-43(63)77)38(71-55)23-42-58(6,7)35(13-16-44(64)78)50(72-42)32(4)54(59)73-56;1-4-6(16)7(17)10(18-4)15-3-14-5-8(11)12-2-13-9(5)15;/h20-21,23,28,31,34-37,41,52-53,56-57,76,84H,12-19,22,24-27H2,1-11H3,(H15,63,64,65,66,67,68,69,71,72,73,74,77,78,79,80,81,82,83,85,86);2-4,6-7,10,16-17H,1H2,(H2,11,12,13);/q;-1;+3/p-1/t31?,34-,35-,36-,37+,41+,52?,53?,56?,57+,59-,60+,61+,62+;4-,6-,7-,10-;/m11./s1. The van der Waals surface area contributed by atoms with E-state index in [1.165, 1.54) is 30.5 Å². The number of benzene rings is 1. The molecular formula is C72H101CoN18O17P+. The van der Waals surface area contributed by atoms with Crippen molar-refractivity contribution in [2.45, 2.75) is 214 Å². The number of ether oxygens (including phenoxy) is 2. The predicted molar refractivity (Wildman–Crippen MR) is 395 cm³/mol. The maximum Gasteiger partial charge on any atom is 3.00 e. The number of aliphatic hydroxyl groups excluding tert-OH is 4. The zero-order valence-electron chi connectivity index (χ0n) is 62.9. The van der Waals surface area contributed by atoms with Crippen molar-refractivity contribution >= 4 is 94.3 Å². The number of nitrogens with zero attached hydrogens (tertiary/aromatic N) is 10. The Balaban J connectivity index is 0.000000623. The van der Waals surface area contributed by atoms with Crippen molar-refractivity contribution < 1.29 is 98.7 Å². The average molecular weight is 1580 g/mol. The van der Waals surface area contributed by atoms with Gasteiger partial charge in [-0.2, -0.15) is 5.70 Å². The van der Waals surface area contributed by atoms with Gasteiger partial charge in [0.2, 0.25) is 41.4 Å². The number of hydrogen-bond donors (Lipinski definition) is 13. The first-order chi connectivity index (χ1) is 50.4. The molecule has 7 aliphatic rings. The summed E-state index contributed by atoms with van der Waals surface area (Å²) >= 11 is 0. The van der Waals surface area contributed by atoms with E-state index in [9.17, 15) is 63.4 Å². The molecule has 4 aromatic rings. The summed E-state index contributed by atoms with van der Waals surface area (Å²) in [5.74, 6) is -7.09. The molecular weight excluding hydrogens is 1480 g/mol. The summed E-state index contributed by atoms with van der Waals surface area (Å²) in [7, 11) is -5.07. The fourth-order valence-electron chi connectivity index (χ4n) is 17.4. The van der Waals surface area contributed by atoms with Crippen LogP contribution in [0.1, 0.15) is 157 Å². The number of aryl methyl sites for hydroxylation is 2. The summed E-state index contributed by atoms with van der Waals surface area (Å²) in [5, 5.41) is 49.7. The van der Waals surface area contributed by atoms with Crippen LogP contribution in [0.15, 0.2) is 80.4 Å². The molecule has 10 heterocycles. The van der Waals surface area contributed by atoms with Crippen LogP contribution < -0.4 is 45.5 Å². The van der Waals surface area contributed by atoms with Gasteiger partial charge in [0, 0.05) is 108 Å². The van der Waals surface area contributed by atoms with E-state index < -0.39 is 168 Å². The van der Waals surface area contributed by atoms with Gasteiger partial charge in [0.1, 0.15) is 36.3 Å². The van der Waals surface area contributed by atoms with Crippen LogP contribution in [0.2, 0.25) is 0 Å². The minimum absolute atomic E-state index is 0. The van der Waals surface area contributed by atoms with Crippen LogP contribution in [-0.2, 0) is 73.4 Å². The van der Waals surface area contributed by atoms with Crippen LogP contribution in [0, 0.1) is 66.1 Å². The van der Waals surface area contributed by atoms with E-state index in [4.69, 9.17) is 79.0 Å². The number of hydrogen-bond acceptors (Lipinski definition) is 24. The van der Waals surface area contributed by atoms with E-state index in [0.29, 0.717) is 67.6 Å². The number of aliphatic hydroxyl groups is 4. The summed E-state index contributed by atoms with van der Waals surface area (Å²) in [6.45, 7) is 22.7. The molecule has 0 saturated carbocycles. The number of primary amides is 6. The number of carbonyl (C=O) groups is 7. The molecule has 3 fully saturated rings. The number of carbonyl (C=O) groups excluding carboxylic acids is 7. The molecule has 8 bridgehead atoms. The van der Waals surface area contributed by atoms with Gasteiger partial charge in [-0.1, -0.05) is 40.7 Å². The number of nitrogens with one attached hydrogen (secondary N) is 1. The molecule has 11 rings (SSSR count). The first-order valence-corrected chi connectivity index (χ1v) is 37.4. The minimum Gasteiger partial charge on any atom is -0.682 e. The third kappa shape index (κ3) is 16.3. The van der Waals surface area contributed by atoms with Gasteiger partial charge in [0.15, 0.2) is 23.9 Å². The molecule has 3 aromatic heterocycles. The van der Waals surface area contributed by atoms with Crippen LogP contribution in [0.25, 0.3) is 27.5 Å². The van der Waals surface area contributed by atoms with Crippen LogP contribution in [0.5, 0.6) is 0 Å². The summed E-state index contributed by atoms with van der Waals surface area (Å²) < 4.78 is 39.2. The second-order valence-corrected chi connectivity index (χ2v) is 32.5. The monoisotopic (exact) mass is 1580 g/mol. The van der Waals surface area contributed by atoms with Crippen molar-refractivity contribution in [3.05, 3.63) is 88.8 Å². The number of allylic oxidation sites excluding steroid dienone is 6. The Kier molecular flexibility index (Phi) is 25.0. The molecule has 594 valence electrons. The van der Waals surface area contributed by atoms with Crippen LogP contribution in [-0.4, -0.2) is 180 Å². The predicted octanol–water partition coefficient (Wildman–Crippen LogP) is 2.81. The molecule has 35 nitrogen and oxygen atoms in total. The second-order valence-electron chi connectivity index (χ2n) is 31.1. The Morgan fingerprint density at radius 3 is 1.93 bits per heavy atom. The fraction of sp³-hybridized carbons (Fsp3) is 0.597. The van der Waals surface area contributed by atoms with E-state index in [1.54, 1.807) is 11.5 Å². The summed E-state index contributed by atoms with van der Waals surface area (Å²) in [6, 6.07) is 2.68. The zero-order valence-corrected chi connectivity index (χ0v) is 64.8. The molecule has 1 aromatic carbocycles. The van der Waals surface area contributed by atoms with Gasteiger partial charge in [-0.3, -0.25) is 62.2 Å². The normalized spacial score (nSPS) is 33.6. The van der Waals surface area contributed by atoms with Gasteiger partial charge in [-0.25, -0.2) is 24.5 Å². The number of rotatable bonds is 27. The number of imidazole rings is 2. The topological polar surface area (TPSA) is 581 Å². The number of anilines is 1. The number of aromatic nitrogens is 6. The average Bonchev–Trinajstić information content (AvgIpc) is 1.53. The van der Waals surface area contributed by atoms with Gasteiger partial charge in [-0.15, -0.1) is 0 Å². The zero-order chi connectivity index (χ0) is 79.6. The molecule has 37 heteroatoms. The van der Waals surface area contributed by atoms with Crippen LogP contribution in [0.4, 0.5) is 5.82 Å². The number of amides is 7. The maximum atomic E-state index is 14.4. The Morgan fingerprint density at radius 1 is 0.725 bits per heavy atom. The number of phosphoric ester groups is 1. The van der Waals surface area contributed by atoms with Crippen molar-refractivity contribution in [3.8, 4) is 0 Å². The van der Waals surface area contributed by atoms with Gasteiger partial charge in [-0.05, 0) is 125 Å². The number of fused-ring (bicyclic) bond motifs is 8. The van der Waals surface area contributed by atoms with E-state index in [-0.39, 0.29) is 99.8 Å². The fourth-order valence-corrected chi connectivity index (χ4v) is 18.5. The summed E-state index contributed by atoms with van der Waals surface area (Å²) in [5.41, 5.74) is 43.3. The Hall–Kier alpha value is -8.26. The Bertz CT molecular complexity index is 4520. The van der Waals surface area contributed by atoms with Crippen molar-refractivity contribution in [1.29, 1.82) is 0 Å². The molecule has 20 N–H and O–H groups in total. The van der Waals surface area contributed by atoms with Crippen LogP contribution >= 0.6 is 7.82 Å². The van der Waals surface area contributed by atoms with Gasteiger partial charge in [0.25, 0.3) is 0 Å². The molecule has 109 heavy (non-hydrogen) atoms. The Labute approximate surface area is 640 Å². The van der Waals surface area contributed by atoms with Crippen LogP contribution in [0.3, 0.4) is 0 Å². The molecule has 7 aliphatic heterocycles. The molecule has 0 spiro atoms. The quantitative estimate of drug-likeness (QED) is 0.0301.